The van der Waals surface area contributed by atoms with Crippen molar-refractivity contribution in [2.45, 2.75) is 31.8 Å². The summed E-state index contributed by atoms with van der Waals surface area (Å²) in [6.07, 6.45) is 0. The maximum absolute atomic E-state index is 12.6. The van der Waals surface area contributed by atoms with Gasteiger partial charge in [0.25, 0.3) is 0 Å². The summed E-state index contributed by atoms with van der Waals surface area (Å²) in [5.41, 5.74) is 6.34. The van der Waals surface area contributed by atoms with Crippen molar-refractivity contribution in [3.63, 3.8) is 0 Å². The molecule has 0 aliphatic carbocycles. The highest BCUT2D eigenvalue weighted by Gasteiger charge is 2.25. The van der Waals surface area contributed by atoms with Gasteiger partial charge in [-0.25, -0.2) is 13.4 Å². The molecule has 0 aliphatic rings. The first kappa shape index (κ1) is 15.6. The molecule has 2 aromatic heterocycles. The molecular formula is C12H17N3O2S3. The van der Waals surface area contributed by atoms with E-state index < -0.39 is 10.0 Å². The minimum Gasteiger partial charge on any atom is -0.326 e. The third kappa shape index (κ3) is 3.09. The van der Waals surface area contributed by atoms with Gasteiger partial charge < -0.3 is 5.73 Å². The van der Waals surface area contributed by atoms with Gasteiger partial charge in [-0.1, -0.05) is 0 Å². The number of hydrogen-bond donors (Lipinski definition) is 1. The van der Waals surface area contributed by atoms with Crippen LogP contribution >= 0.6 is 22.7 Å². The number of hydrogen-bond acceptors (Lipinski definition) is 6. The van der Waals surface area contributed by atoms with Crippen molar-refractivity contribution in [1.82, 2.24) is 9.29 Å². The van der Waals surface area contributed by atoms with Crippen molar-refractivity contribution in [2.24, 2.45) is 5.73 Å². The third-order valence-electron chi connectivity index (χ3n) is 2.86. The van der Waals surface area contributed by atoms with E-state index in [9.17, 15) is 8.42 Å². The van der Waals surface area contributed by atoms with E-state index in [4.69, 9.17) is 5.73 Å². The molecule has 0 saturated carbocycles. The van der Waals surface area contributed by atoms with E-state index >= 15 is 0 Å². The zero-order valence-electron chi connectivity index (χ0n) is 11.6. The molecule has 0 spiro atoms. The summed E-state index contributed by atoms with van der Waals surface area (Å²) in [5.74, 6) is 0. The topological polar surface area (TPSA) is 76.3 Å². The van der Waals surface area contributed by atoms with E-state index in [1.807, 2.05) is 12.3 Å². The summed E-state index contributed by atoms with van der Waals surface area (Å²) in [5, 5.41) is 2.82. The van der Waals surface area contributed by atoms with E-state index in [-0.39, 0.29) is 6.54 Å². The number of sulfonamides is 1. The Labute approximate surface area is 127 Å². The van der Waals surface area contributed by atoms with Crippen LogP contribution in [0.4, 0.5) is 0 Å². The summed E-state index contributed by atoms with van der Waals surface area (Å²) in [4.78, 5) is 6.29. The molecule has 0 fully saturated rings. The van der Waals surface area contributed by atoms with E-state index in [0.29, 0.717) is 11.4 Å². The highest BCUT2D eigenvalue weighted by Crippen LogP contribution is 2.28. The number of aromatic nitrogens is 1. The molecular weight excluding hydrogens is 314 g/mol. The molecule has 0 atom stereocenters. The fourth-order valence-electron chi connectivity index (χ4n) is 1.84. The molecule has 0 saturated heterocycles. The van der Waals surface area contributed by atoms with Crippen molar-refractivity contribution >= 4 is 32.7 Å². The molecule has 20 heavy (non-hydrogen) atoms. The van der Waals surface area contributed by atoms with Crippen LogP contribution in [0.1, 0.15) is 20.5 Å². The predicted octanol–water partition coefficient (Wildman–Crippen LogP) is 2.10. The Hall–Kier alpha value is -0.800. The maximum Gasteiger partial charge on any atom is 0.244 e. The van der Waals surface area contributed by atoms with E-state index in [1.165, 1.54) is 27.0 Å². The molecule has 2 aromatic rings. The normalized spacial score (nSPS) is 12.2. The van der Waals surface area contributed by atoms with Crippen LogP contribution in [0.25, 0.3) is 0 Å². The minimum atomic E-state index is -3.50. The molecule has 0 amide bonds. The molecule has 110 valence electrons. The first-order valence-electron chi connectivity index (χ1n) is 6.01. The molecule has 0 unspecified atom stereocenters. The summed E-state index contributed by atoms with van der Waals surface area (Å²) >= 11 is 2.94. The Morgan fingerprint density at radius 3 is 2.60 bits per heavy atom. The third-order valence-corrected chi connectivity index (χ3v) is 6.82. The lowest BCUT2D eigenvalue weighted by Gasteiger charge is -2.15. The Bertz CT molecular complexity index is 703. The van der Waals surface area contributed by atoms with Crippen LogP contribution in [0.5, 0.6) is 0 Å². The number of thiophene rings is 1. The van der Waals surface area contributed by atoms with Crippen LogP contribution < -0.4 is 5.73 Å². The molecule has 5 nitrogen and oxygen atoms in total. The van der Waals surface area contributed by atoms with Crippen molar-refractivity contribution in [3.05, 3.63) is 31.9 Å². The van der Waals surface area contributed by atoms with Gasteiger partial charge in [0.2, 0.25) is 10.0 Å². The van der Waals surface area contributed by atoms with Gasteiger partial charge >= 0.3 is 0 Å². The lowest BCUT2D eigenvalue weighted by atomic mass is 10.4. The van der Waals surface area contributed by atoms with Crippen LogP contribution in [0.3, 0.4) is 0 Å². The molecule has 2 rings (SSSR count). The van der Waals surface area contributed by atoms with Crippen LogP contribution in [0.15, 0.2) is 16.3 Å². The smallest absolute Gasteiger partial charge is 0.244 e. The highest BCUT2D eigenvalue weighted by atomic mass is 32.2. The molecule has 0 aromatic carbocycles. The number of nitrogens with two attached hydrogens (primary N) is 1. The predicted molar refractivity (Wildman–Crippen MR) is 82.5 cm³/mol. The summed E-state index contributed by atoms with van der Waals surface area (Å²) in [6, 6.07) is 1.66. The van der Waals surface area contributed by atoms with Crippen LogP contribution in [-0.2, 0) is 23.1 Å². The van der Waals surface area contributed by atoms with Crippen molar-refractivity contribution in [1.29, 1.82) is 0 Å². The second kappa shape index (κ2) is 5.90. The second-order valence-electron chi connectivity index (χ2n) is 4.46. The van der Waals surface area contributed by atoms with Crippen molar-refractivity contribution in [3.8, 4) is 0 Å². The van der Waals surface area contributed by atoms with Gasteiger partial charge in [0.15, 0.2) is 0 Å². The first-order chi connectivity index (χ1) is 9.34. The monoisotopic (exact) mass is 331 g/mol. The van der Waals surface area contributed by atoms with Crippen LogP contribution in [-0.4, -0.2) is 24.8 Å². The van der Waals surface area contributed by atoms with E-state index in [0.717, 1.165) is 20.5 Å². The average molecular weight is 331 g/mol. The van der Waals surface area contributed by atoms with E-state index in [2.05, 4.69) is 4.98 Å². The lowest BCUT2D eigenvalue weighted by molar-refractivity contribution is 0.462. The Balaban J connectivity index is 2.26. The lowest BCUT2D eigenvalue weighted by Crippen LogP contribution is -2.26. The van der Waals surface area contributed by atoms with Gasteiger partial charge in [-0.2, -0.15) is 4.31 Å². The number of thiazole rings is 1. The minimum absolute atomic E-state index is 0.278. The van der Waals surface area contributed by atoms with Gasteiger partial charge in [0.05, 0.1) is 22.1 Å². The van der Waals surface area contributed by atoms with Crippen LogP contribution in [0.2, 0.25) is 0 Å². The van der Waals surface area contributed by atoms with Gasteiger partial charge in [-0.05, 0) is 19.9 Å². The Kier molecular flexibility index (Phi) is 4.60. The number of nitrogens with zero attached hydrogens (tertiary/aromatic N) is 2. The Morgan fingerprint density at radius 1 is 1.40 bits per heavy atom. The fourth-order valence-corrected chi connectivity index (χ4v) is 5.07. The zero-order chi connectivity index (χ0) is 14.9. The molecule has 0 radical (unpaired) electrons. The van der Waals surface area contributed by atoms with Gasteiger partial charge in [-0.3, -0.25) is 0 Å². The number of aryl methyl sites for hydroxylation is 2. The highest BCUT2D eigenvalue weighted by molar-refractivity contribution is 7.89. The fraction of sp³-hybridized carbons (Fsp3) is 0.417. The molecule has 2 N–H and O–H groups in total. The van der Waals surface area contributed by atoms with Gasteiger partial charge in [0, 0.05) is 28.7 Å². The summed E-state index contributed by atoms with van der Waals surface area (Å²) < 4.78 is 26.5. The quantitative estimate of drug-likeness (QED) is 0.910. The number of rotatable bonds is 5. The van der Waals surface area contributed by atoms with Crippen molar-refractivity contribution in [2.75, 3.05) is 7.05 Å². The standard InChI is InChI=1S/C12H17N3O2S3/c1-8-12(4-11(5-13)19-8)20(16,17)15(3)6-10-7-18-9(2)14-10/h4,7H,5-6,13H2,1-3H3. The van der Waals surface area contributed by atoms with E-state index in [1.54, 1.807) is 20.0 Å². The second-order valence-corrected chi connectivity index (χ2v) is 8.87. The molecule has 0 aliphatic heterocycles. The SMILES string of the molecule is Cc1nc(CN(C)S(=O)(=O)c2cc(CN)sc2C)cs1. The van der Waals surface area contributed by atoms with Gasteiger partial charge in [0.1, 0.15) is 0 Å². The zero-order valence-corrected chi connectivity index (χ0v) is 14.0. The first-order valence-corrected chi connectivity index (χ1v) is 9.15. The average Bonchev–Trinajstić information content (AvgIpc) is 2.95. The summed E-state index contributed by atoms with van der Waals surface area (Å²) in [7, 11) is -1.92. The van der Waals surface area contributed by atoms with Gasteiger partial charge in [-0.15, -0.1) is 22.7 Å². The molecule has 8 heteroatoms. The van der Waals surface area contributed by atoms with Crippen LogP contribution in [0, 0.1) is 13.8 Å². The molecule has 0 bridgehead atoms. The van der Waals surface area contributed by atoms with Crippen molar-refractivity contribution < 1.29 is 8.42 Å². The largest absolute Gasteiger partial charge is 0.326 e. The molecule has 2 heterocycles. The Morgan fingerprint density at radius 2 is 2.10 bits per heavy atom. The summed E-state index contributed by atoms with van der Waals surface area (Å²) in [6.45, 7) is 4.34. The maximum atomic E-state index is 12.6.